The molecule has 0 bridgehead atoms. The van der Waals surface area contributed by atoms with Gasteiger partial charge in [0, 0.05) is 31.4 Å². The third-order valence-electron chi connectivity index (χ3n) is 5.47. The first kappa shape index (κ1) is 17.3. The molecule has 24 heavy (non-hydrogen) atoms. The predicted molar refractivity (Wildman–Crippen MR) is 83.3 cm³/mol. The van der Waals surface area contributed by atoms with E-state index >= 15 is 0 Å². The van der Waals surface area contributed by atoms with E-state index in [-0.39, 0.29) is 18.4 Å². The number of hydrogen-bond acceptors (Lipinski definition) is 2. The van der Waals surface area contributed by atoms with Crippen LogP contribution in [-0.4, -0.2) is 39.6 Å². The number of carbonyl (C=O) groups is 1. The molecule has 1 aromatic heterocycles. The second-order valence-electron chi connectivity index (χ2n) is 7.00. The van der Waals surface area contributed by atoms with Crippen molar-refractivity contribution in [2.45, 2.75) is 57.7 Å². The molecule has 1 aliphatic heterocycles. The van der Waals surface area contributed by atoms with Crippen LogP contribution in [0.5, 0.6) is 0 Å². The minimum atomic E-state index is -4.28. The molecule has 0 aromatic carbocycles. The van der Waals surface area contributed by atoms with Crippen LogP contribution in [0.2, 0.25) is 0 Å². The molecule has 134 valence electrons. The lowest BCUT2D eigenvalue weighted by Gasteiger charge is -2.39. The van der Waals surface area contributed by atoms with Gasteiger partial charge < -0.3 is 9.47 Å². The van der Waals surface area contributed by atoms with Crippen molar-refractivity contribution in [3.63, 3.8) is 0 Å². The van der Waals surface area contributed by atoms with Gasteiger partial charge in [0.15, 0.2) is 0 Å². The quantitative estimate of drug-likeness (QED) is 0.821. The van der Waals surface area contributed by atoms with Crippen molar-refractivity contribution in [3.05, 3.63) is 18.2 Å². The Morgan fingerprint density at radius 3 is 2.62 bits per heavy atom. The van der Waals surface area contributed by atoms with E-state index in [1.807, 2.05) is 17.7 Å². The Kier molecular flexibility index (Phi) is 4.88. The Morgan fingerprint density at radius 1 is 1.21 bits per heavy atom. The van der Waals surface area contributed by atoms with Crippen LogP contribution in [-0.2, 0) is 4.79 Å². The van der Waals surface area contributed by atoms with Gasteiger partial charge in [0.05, 0.1) is 12.0 Å². The Hall–Kier alpha value is -1.53. The van der Waals surface area contributed by atoms with E-state index in [2.05, 4.69) is 4.98 Å². The van der Waals surface area contributed by atoms with Gasteiger partial charge in [-0.25, -0.2) is 4.98 Å². The molecule has 0 unspecified atom stereocenters. The van der Waals surface area contributed by atoms with Crippen LogP contribution in [0, 0.1) is 18.8 Å². The van der Waals surface area contributed by atoms with Gasteiger partial charge in [-0.3, -0.25) is 4.79 Å². The van der Waals surface area contributed by atoms with Crippen molar-refractivity contribution >= 4 is 5.91 Å². The number of imidazole rings is 1. The number of alkyl halides is 3. The third kappa shape index (κ3) is 3.44. The molecule has 1 amide bonds. The van der Waals surface area contributed by atoms with Gasteiger partial charge in [-0.1, -0.05) is 12.8 Å². The van der Waals surface area contributed by atoms with E-state index < -0.39 is 18.0 Å². The van der Waals surface area contributed by atoms with Crippen molar-refractivity contribution in [3.8, 4) is 0 Å². The summed E-state index contributed by atoms with van der Waals surface area (Å²) in [7, 11) is 0. The van der Waals surface area contributed by atoms with E-state index in [0.29, 0.717) is 32.4 Å². The summed E-state index contributed by atoms with van der Waals surface area (Å²) >= 11 is 0. The fraction of sp³-hybridized carbons (Fsp3) is 0.765. The van der Waals surface area contributed by atoms with Gasteiger partial charge in [-0.05, 0) is 32.6 Å². The van der Waals surface area contributed by atoms with Crippen molar-refractivity contribution in [1.29, 1.82) is 0 Å². The lowest BCUT2D eigenvalue weighted by atomic mass is 9.77. The van der Waals surface area contributed by atoms with Crippen LogP contribution in [0.1, 0.15) is 50.4 Å². The molecule has 2 heterocycles. The highest BCUT2D eigenvalue weighted by Gasteiger charge is 2.49. The van der Waals surface area contributed by atoms with Crippen LogP contribution in [0.25, 0.3) is 0 Å². The number of aryl methyl sites for hydroxylation is 1. The fourth-order valence-electron chi connectivity index (χ4n) is 4.21. The Morgan fingerprint density at radius 2 is 1.96 bits per heavy atom. The molecule has 1 aliphatic carbocycles. The molecule has 0 spiro atoms. The zero-order valence-electron chi connectivity index (χ0n) is 13.9. The zero-order valence-corrected chi connectivity index (χ0v) is 13.9. The summed E-state index contributed by atoms with van der Waals surface area (Å²) in [4.78, 5) is 18.7. The third-order valence-corrected chi connectivity index (χ3v) is 5.47. The number of nitrogens with zero attached hydrogens (tertiary/aromatic N) is 3. The van der Waals surface area contributed by atoms with Gasteiger partial charge >= 0.3 is 6.18 Å². The summed E-state index contributed by atoms with van der Waals surface area (Å²) in [6, 6.07) is 0.109. The summed E-state index contributed by atoms with van der Waals surface area (Å²) in [5.74, 6) is -1.81. The number of piperidine rings is 1. The van der Waals surface area contributed by atoms with Gasteiger partial charge in [-0.15, -0.1) is 0 Å². The number of rotatable bonds is 2. The van der Waals surface area contributed by atoms with Crippen molar-refractivity contribution in [2.75, 3.05) is 13.1 Å². The first-order valence-corrected chi connectivity index (χ1v) is 8.73. The van der Waals surface area contributed by atoms with E-state index in [1.54, 1.807) is 11.1 Å². The summed E-state index contributed by atoms with van der Waals surface area (Å²) in [6.45, 7) is 2.95. The molecule has 4 nitrogen and oxygen atoms in total. The van der Waals surface area contributed by atoms with Crippen LogP contribution in [0.3, 0.4) is 0 Å². The maximum Gasteiger partial charge on any atom is 0.392 e. The second kappa shape index (κ2) is 6.76. The minimum absolute atomic E-state index is 0.0812. The summed E-state index contributed by atoms with van der Waals surface area (Å²) < 4.78 is 41.9. The van der Waals surface area contributed by atoms with Crippen molar-refractivity contribution in [1.82, 2.24) is 14.5 Å². The molecule has 2 fully saturated rings. The van der Waals surface area contributed by atoms with Gasteiger partial charge in [-0.2, -0.15) is 13.2 Å². The Balaban J connectivity index is 1.73. The number of hydrogen-bond donors (Lipinski definition) is 0. The largest absolute Gasteiger partial charge is 0.392 e. The second-order valence-corrected chi connectivity index (χ2v) is 7.00. The monoisotopic (exact) mass is 343 g/mol. The van der Waals surface area contributed by atoms with Crippen LogP contribution in [0.4, 0.5) is 13.2 Å². The minimum Gasteiger partial charge on any atom is -0.340 e. The van der Waals surface area contributed by atoms with Gasteiger partial charge in [0.2, 0.25) is 5.91 Å². The number of carbonyl (C=O) groups excluding carboxylic acids is 1. The topological polar surface area (TPSA) is 38.1 Å². The number of likely N-dealkylation sites (tertiary alicyclic amines) is 1. The molecule has 1 aromatic rings. The Labute approximate surface area is 140 Å². The standard InChI is InChI=1S/C17H24F3N3O/c1-12-21-8-10-23(12)13-5-4-9-22(11-13)16(24)14-6-2-3-7-15(14)17(18,19)20/h8,10,13-15H,2-7,9,11H2,1H3/t13-,14+,15-/m1/s1. The van der Waals surface area contributed by atoms with Crippen LogP contribution in [0.15, 0.2) is 12.4 Å². The summed E-state index contributed by atoms with van der Waals surface area (Å²) in [5, 5.41) is 0. The average Bonchev–Trinajstić information content (AvgIpc) is 2.99. The smallest absolute Gasteiger partial charge is 0.340 e. The van der Waals surface area contributed by atoms with Crippen molar-refractivity contribution < 1.29 is 18.0 Å². The van der Waals surface area contributed by atoms with E-state index in [1.165, 1.54) is 0 Å². The van der Waals surface area contributed by atoms with Crippen LogP contribution >= 0.6 is 0 Å². The molecule has 0 radical (unpaired) electrons. The molecule has 3 rings (SSSR count). The fourth-order valence-corrected chi connectivity index (χ4v) is 4.21. The summed E-state index contributed by atoms with van der Waals surface area (Å²) in [6.07, 6.45) is 2.77. The van der Waals surface area contributed by atoms with Gasteiger partial charge in [0.25, 0.3) is 0 Å². The number of amides is 1. The Bertz CT molecular complexity index is 584. The van der Waals surface area contributed by atoms with E-state index in [0.717, 1.165) is 18.7 Å². The van der Waals surface area contributed by atoms with Gasteiger partial charge in [0.1, 0.15) is 5.82 Å². The van der Waals surface area contributed by atoms with E-state index in [9.17, 15) is 18.0 Å². The first-order valence-electron chi connectivity index (χ1n) is 8.73. The molecule has 2 aliphatic rings. The lowest BCUT2D eigenvalue weighted by molar-refractivity contribution is -0.201. The highest BCUT2D eigenvalue weighted by Crippen LogP contribution is 2.42. The molecule has 1 saturated heterocycles. The first-order chi connectivity index (χ1) is 11.4. The molecular formula is C17H24F3N3O. The zero-order chi connectivity index (χ0) is 17.3. The predicted octanol–water partition coefficient (Wildman–Crippen LogP) is 3.72. The average molecular weight is 343 g/mol. The maximum atomic E-state index is 13.3. The number of aromatic nitrogens is 2. The molecule has 3 atom stereocenters. The van der Waals surface area contributed by atoms with E-state index in [4.69, 9.17) is 0 Å². The van der Waals surface area contributed by atoms with Crippen LogP contribution < -0.4 is 0 Å². The highest BCUT2D eigenvalue weighted by atomic mass is 19.4. The summed E-state index contributed by atoms with van der Waals surface area (Å²) in [5.41, 5.74) is 0. The highest BCUT2D eigenvalue weighted by molar-refractivity contribution is 5.79. The maximum absolute atomic E-state index is 13.3. The normalized spacial score (nSPS) is 28.8. The molecular weight excluding hydrogens is 319 g/mol. The van der Waals surface area contributed by atoms with Crippen molar-refractivity contribution in [2.24, 2.45) is 11.8 Å². The molecule has 0 N–H and O–H groups in total. The molecule has 7 heteroatoms. The SMILES string of the molecule is Cc1nccn1[C@@H]1CCCN(C(=O)[C@H]2CCCC[C@H]2C(F)(F)F)C1. The molecule has 1 saturated carbocycles. The number of halogens is 3. The lowest BCUT2D eigenvalue weighted by Crippen LogP contribution is -2.48.